The van der Waals surface area contributed by atoms with E-state index in [-0.39, 0.29) is 6.10 Å². The van der Waals surface area contributed by atoms with Crippen molar-refractivity contribution in [3.63, 3.8) is 0 Å². The summed E-state index contributed by atoms with van der Waals surface area (Å²) in [6.07, 6.45) is 5.84. The summed E-state index contributed by atoms with van der Waals surface area (Å²) in [5.74, 6) is 6.61. The van der Waals surface area contributed by atoms with E-state index in [1.807, 2.05) is 13.8 Å². The van der Waals surface area contributed by atoms with Gasteiger partial charge in [0.25, 0.3) is 0 Å². The van der Waals surface area contributed by atoms with Crippen molar-refractivity contribution in [2.24, 2.45) is 5.92 Å². The molecule has 0 bridgehead atoms. The van der Waals surface area contributed by atoms with E-state index in [2.05, 4.69) is 11.8 Å². The second kappa shape index (κ2) is 9.38. The van der Waals surface area contributed by atoms with Crippen LogP contribution in [0.15, 0.2) is 0 Å². The zero-order chi connectivity index (χ0) is 13.2. The molecule has 1 N–H and O–H groups in total. The lowest BCUT2D eigenvalue weighted by atomic mass is 9.99. The van der Waals surface area contributed by atoms with Crippen LogP contribution in [-0.2, 0) is 9.47 Å². The van der Waals surface area contributed by atoms with E-state index < -0.39 is 6.29 Å². The van der Waals surface area contributed by atoms with Crippen molar-refractivity contribution < 1.29 is 14.6 Å². The van der Waals surface area contributed by atoms with Crippen LogP contribution in [-0.4, -0.2) is 30.7 Å². The van der Waals surface area contributed by atoms with Gasteiger partial charge in [0.2, 0.25) is 6.29 Å². The second-order valence-corrected chi connectivity index (χ2v) is 4.81. The molecule has 1 unspecified atom stereocenters. The maximum atomic E-state index is 9.90. The lowest BCUT2D eigenvalue weighted by Crippen LogP contribution is -2.15. The fourth-order valence-corrected chi connectivity index (χ4v) is 2.41. The minimum Gasteiger partial charge on any atom is -0.392 e. The molecule has 0 heterocycles. The number of aliphatic hydroxyl groups is 1. The first kappa shape index (κ1) is 15.5. The summed E-state index contributed by atoms with van der Waals surface area (Å²) < 4.78 is 10.6. The van der Waals surface area contributed by atoms with Crippen LogP contribution < -0.4 is 0 Å². The molecule has 1 fully saturated rings. The van der Waals surface area contributed by atoms with Gasteiger partial charge in [-0.2, -0.15) is 0 Å². The molecule has 1 aliphatic rings. The van der Waals surface area contributed by atoms with Crippen LogP contribution in [0.1, 0.15) is 52.4 Å². The molecule has 1 saturated carbocycles. The average Bonchev–Trinajstić information content (AvgIpc) is 2.82. The third-order valence-electron chi connectivity index (χ3n) is 3.27. The molecule has 0 aliphatic heterocycles. The number of ether oxygens (including phenoxy) is 2. The van der Waals surface area contributed by atoms with Gasteiger partial charge in [-0.1, -0.05) is 31.6 Å². The SMILES string of the molecule is CCOC(C#CCC(O)CC1CCCC1)OCC. The first-order chi connectivity index (χ1) is 8.76. The number of hydrogen-bond donors (Lipinski definition) is 1. The lowest BCUT2D eigenvalue weighted by molar-refractivity contribution is -0.0970. The van der Waals surface area contributed by atoms with E-state index in [4.69, 9.17) is 9.47 Å². The van der Waals surface area contributed by atoms with Gasteiger partial charge < -0.3 is 14.6 Å². The van der Waals surface area contributed by atoms with Crippen molar-refractivity contribution in [3.8, 4) is 11.8 Å². The summed E-state index contributed by atoms with van der Waals surface area (Å²) in [4.78, 5) is 0. The predicted octanol–water partition coefficient (Wildman–Crippen LogP) is 2.72. The first-order valence-electron chi connectivity index (χ1n) is 7.15. The first-order valence-corrected chi connectivity index (χ1v) is 7.15. The molecule has 104 valence electrons. The zero-order valence-corrected chi connectivity index (χ0v) is 11.7. The summed E-state index contributed by atoms with van der Waals surface area (Å²) in [5.41, 5.74) is 0. The van der Waals surface area contributed by atoms with E-state index in [1.54, 1.807) is 0 Å². The Kier molecular flexibility index (Phi) is 8.08. The van der Waals surface area contributed by atoms with Crippen molar-refractivity contribution in [1.82, 2.24) is 0 Å². The molecule has 18 heavy (non-hydrogen) atoms. The smallest absolute Gasteiger partial charge is 0.222 e. The summed E-state index contributed by atoms with van der Waals surface area (Å²) in [7, 11) is 0. The highest BCUT2D eigenvalue weighted by Gasteiger charge is 2.18. The van der Waals surface area contributed by atoms with Crippen molar-refractivity contribution in [3.05, 3.63) is 0 Å². The fourth-order valence-electron chi connectivity index (χ4n) is 2.41. The van der Waals surface area contributed by atoms with Crippen molar-refractivity contribution in [1.29, 1.82) is 0 Å². The Morgan fingerprint density at radius 3 is 2.33 bits per heavy atom. The topological polar surface area (TPSA) is 38.7 Å². The minimum absolute atomic E-state index is 0.301. The van der Waals surface area contributed by atoms with E-state index in [9.17, 15) is 5.11 Å². The average molecular weight is 254 g/mol. The van der Waals surface area contributed by atoms with Gasteiger partial charge >= 0.3 is 0 Å². The molecule has 0 aromatic rings. The van der Waals surface area contributed by atoms with E-state index in [1.165, 1.54) is 25.7 Å². The molecule has 0 radical (unpaired) electrons. The van der Waals surface area contributed by atoms with Crippen LogP contribution in [0.25, 0.3) is 0 Å². The Balaban J connectivity index is 2.24. The summed E-state index contributed by atoms with van der Waals surface area (Å²) >= 11 is 0. The summed E-state index contributed by atoms with van der Waals surface area (Å²) in [6.45, 7) is 5.01. The Hall–Kier alpha value is -0.560. The molecule has 0 amide bonds. The largest absolute Gasteiger partial charge is 0.392 e. The summed E-state index contributed by atoms with van der Waals surface area (Å²) in [5, 5.41) is 9.90. The van der Waals surface area contributed by atoms with Crippen LogP contribution in [0, 0.1) is 17.8 Å². The van der Waals surface area contributed by atoms with Crippen molar-refractivity contribution in [2.75, 3.05) is 13.2 Å². The van der Waals surface area contributed by atoms with Crippen LogP contribution >= 0.6 is 0 Å². The monoisotopic (exact) mass is 254 g/mol. The summed E-state index contributed by atoms with van der Waals surface area (Å²) in [6, 6.07) is 0. The fraction of sp³-hybridized carbons (Fsp3) is 0.867. The number of hydrogen-bond acceptors (Lipinski definition) is 3. The molecule has 0 saturated heterocycles. The molecule has 1 rings (SSSR count). The van der Waals surface area contributed by atoms with Crippen molar-refractivity contribution in [2.45, 2.75) is 64.8 Å². The van der Waals surface area contributed by atoms with Gasteiger partial charge in [0.1, 0.15) is 0 Å². The van der Waals surface area contributed by atoms with Crippen molar-refractivity contribution >= 4 is 0 Å². The van der Waals surface area contributed by atoms with Gasteiger partial charge in [-0.05, 0) is 32.1 Å². The van der Waals surface area contributed by atoms with Gasteiger partial charge in [0.15, 0.2) is 0 Å². The van der Waals surface area contributed by atoms with Gasteiger partial charge in [-0.3, -0.25) is 0 Å². The van der Waals surface area contributed by atoms with Gasteiger partial charge in [-0.25, -0.2) is 0 Å². The molecule has 0 aromatic carbocycles. The molecule has 3 heteroatoms. The standard InChI is InChI=1S/C15H26O3/c1-3-17-15(18-4-2)11-7-10-14(16)12-13-8-5-6-9-13/h13-16H,3-6,8-10,12H2,1-2H3. The molecular weight excluding hydrogens is 228 g/mol. The van der Waals surface area contributed by atoms with Gasteiger partial charge in [-0.15, -0.1) is 0 Å². The predicted molar refractivity (Wildman–Crippen MR) is 72.0 cm³/mol. The molecule has 0 aromatic heterocycles. The third kappa shape index (κ3) is 6.39. The highest BCUT2D eigenvalue weighted by atomic mass is 16.7. The molecule has 1 aliphatic carbocycles. The normalized spacial score (nSPS) is 17.8. The molecular formula is C15H26O3. The molecule has 0 spiro atoms. The maximum absolute atomic E-state index is 9.90. The maximum Gasteiger partial charge on any atom is 0.222 e. The highest BCUT2D eigenvalue weighted by molar-refractivity contribution is 5.03. The van der Waals surface area contributed by atoms with Crippen LogP contribution in [0.4, 0.5) is 0 Å². The third-order valence-corrected chi connectivity index (χ3v) is 3.27. The Bertz CT molecular complexity index is 255. The highest BCUT2D eigenvalue weighted by Crippen LogP contribution is 2.28. The number of aliphatic hydroxyl groups excluding tert-OH is 1. The lowest BCUT2D eigenvalue weighted by Gasteiger charge is -2.13. The van der Waals surface area contributed by atoms with Crippen LogP contribution in [0.3, 0.4) is 0 Å². The van der Waals surface area contributed by atoms with Gasteiger partial charge in [0, 0.05) is 19.6 Å². The Morgan fingerprint density at radius 2 is 1.78 bits per heavy atom. The number of rotatable bonds is 7. The minimum atomic E-state index is -0.446. The second-order valence-electron chi connectivity index (χ2n) is 4.81. The van der Waals surface area contributed by atoms with Gasteiger partial charge in [0.05, 0.1) is 6.10 Å². The van der Waals surface area contributed by atoms with E-state index in [0.717, 1.165) is 6.42 Å². The zero-order valence-electron chi connectivity index (χ0n) is 11.7. The molecule has 1 atom stereocenters. The van der Waals surface area contributed by atoms with E-state index in [0.29, 0.717) is 25.6 Å². The van der Waals surface area contributed by atoms with E-state index >= 15 is 0 Å². The Morgan fingerprint density at radius 1 is 1.17 bits per heavy atom. The quantitative estimate of drug-likeness (QED) is 0.561. The van der Waals surface area contributed by atoms with Crippen LogP contribution in [0.5, 0.6) is 0 Å². The van der Waals surface area contributed by atoms with Crippen LogP contribution in [0.2, 0.25) is 0 Å². The molecule has 3 nitrogen and oxygen atoms in total. The Labute approximate surface area is 111 Å².